The lowest BCUT2D eigenvalue weighted by Gasteiger charge is -2.08. The molecule has 2 aromatic heterocycles. The third-order valence-corrected chi connectivity index (χ3v) is 5.19. The zero-order valence-electron chi connectivity index (χ0n) is 15.9. The Hall–Kier alpha value is -3.84. The Morgan fingerprint density at radius 3 is 2.57 bits per heavy atom. The van der Waals surface area contributed by atoms with Crippen molar-refractivity contribution in [2.75, 3.05) is 11.9 Å². The van der Waals surface area contributed by atoms with Crippen molar-refractivity contribution in [3.63, 3.8) is 0 Å². The molecule has 6 nitrogen and oxygen atoms in total. The van der Waals surface area contributed by atoms with E-state index in [1.807, 2.05) is 41.8 Å². The molecule has 0 aliphatic heterocycles. The number of thiazole rings is 1. The fourth-order valence-electron chi connectivity index (χ4n) is 2.84. The molecule has 0 atom stereocenters. The van der Waals surface area contributed by atoms with Crippen LogP contribution in [0, 0.1) is 0 Å². The Balaban J connectivity index is 1.39. The van der Waals surface area contributed by atoms with Crippen LogP contribution >= 0.6 is 11.3 Å². The van der Waals surface area contributed by atoms with Crippen molar-refractivity contribution < 1.29 is 9.59 Å². The van der Waals surface area contributed by atoms with Gasteiger partial charge in [0.1, 0.15) is 5.01 Å². The summed E-state index contributed by atoms with van der Waals surface area (Å²) in [4.78, 5) is 33.1. The molecule has 0 aliphatic rings. The summed E-state index contributed by atoms with van der Waals surface area (Å²) in [7, 11) is 0. The minimum absolute atomic E-state index is 0.111. The lowest BCUT2D eigenvalue weighted by atomic mass is 10.1. The molecule has 0 bridgehead atoms. The number of benzene rings is 2. The number of hydrogen-bond donors (Lipinski definition) is 2. The second-order valence-corrected chi connectivity index (χ2v) is 7.32. The monoisotopic (exact) mass is 414 g/mol. The van der Waals surface area contributed by atoms with E-state index in [0.717, 1.165) is 21.8 Å². The molecule has 0 unspecified atom stereocenters. The molecule has 0 saturated carbocycles. The number of hydrogen-bond acceptors (Lipinski definition) is 5. The molecule has 0 radical (unpaired) electrons. The van der Waals surface area contributed by atoms with Gasteiger partial charge >= 0.3 is 0 Å². The van der Waals surface area contributed by atoms with Crippen molar-refractivity contribution in [2.24, 2.45) is 0 Å². The van der Waals surface area contributed by atoms with E-state index in [0.29, 0.717) is 11.3 Å². The lowest BCUT2D eigenvalue weighted by Crippen LogP contribution is -2.32. The Morgan fingerprint density at radius 1 is 0.933 bits per heavy atom. The molecule has 7 heteroatoms. The largest absolute Gasteiger partial charge is 0.343 e. The maximum atomic E-state index is 12.2. The summed E-state index contributed by atoms with van der Waals surface area (Å²) < 4.78 is 0. The molecule has 2 N–H and O–H groups in total. The smallest absolute Gasteiger partial charge is 0.251 e. The predicted molar refractivity (Wildman–Crippen MR) is 118 cm³/mol. The van der Waals surface area contributed by atoms with Crippen molar-refractivity contribution >= 4 is 28.8 Å². The fraction of sp³-hybridized carbons (Fsp3) is 0.0435. The van der Waals surface area contributed by atoms with Crippen molar-refractivity contribution in [1.29, 1.82) is 0 Å². The standard InChI is InChI=1S/C23H18N4O2S/c28-21(14-25-22(29)16-6-2-1-3-7-16)26-19-10-4-8-17(12-19)20-15-30-23(27-20)18-9-5-11-24-13-18/h1-13,15H,14H2,(H,25,29)(H,26,28). The second-order valence-electron chi connectivity index (χ2n) is 6.46. The topological polar surface area (TPSA) is 84.0 Å². The third kappa shape index (κ3) is 4.76. The van der Waals surface area contributed by atoms with Gasteiger partial charge in [0.25, 0.3) is 5.91 Å². The zero-order valence-corrected chi connectivity index (χ0v) is 16.7. The quantitative estimate of drug-likeness (QED) is 0.494. The number of carbonyl (C=O) groups is 2. The van der Waals surface area contributed by atoms with Crippen LogP contribution in [0.1, 0.15) is 10.4 Å². The molecule has 0 aliphatic carbocycles. The molecule has 0 saturated heterocycles. The first-order valence-corrected chi connectivity index (χ1v) is 10.2. The van der Waals surface area contributed by atoms with Gasteiger partial charge in [0.2, 0.25) is 5.91 Å². The lowest BCUT2D eigenvalue weighted by molar-refractivity contribution is -0.115. The minimum atomic E-state index is -0.300. The highest BCUT2D eigenvalue weighted by molar-refractivity contribution is 7.13. The van der Waals surface area contributed by atoms with Gasteiger partial charge in [0.05, 0.1) is 12.2 Å². The van der Waals surface area contributed by atoms with E-state index in [-0.39, 0.29) is 18.4 Å². The molecule has 0 spiro atoms. The van der Waals surface area contributed by atoms with Gasteiger partial charge in [0, 0.05) is 40.2 Å². The van der Waals surface area contributed by atoms with Crippen LogP contribution in [0.3, 0.4) is 0 Å². The van der Waals surface area contributed by atoms with E-state index in [9.17, 15) is 9.59 Å². The van der Waals surface area contributed by atoms with E-state index in [2.05, 4.69) is 20.6 Å². The second kappa shape index (κ2) is 9.11. The highest BCUT2D eigenvalue weighted by Crippen LogP contribution is 2.29. The average Bonchev–Trinajstić information content (AvgIpc) is 3.29. The van der Waals surface area contributed by atoms with Crippen LogP contribution in [-0.2, 0) is 4.79 Å². The maximum absolute atomic E-state index is 12.2. The molecule has 0 fully saturated rings. The summed E-state index contributed by atoms with van der Waals surface area (Å²) >= 11 is 1.54. The third-order valence-electron chi connectivity index (χ3n) is 4.30. The van der Waals surface area contributed by atoms with Crippen LogP contribution in [0.15, 0.2) is 84.5 Å². The Bertz CT molecular complexity index is 1160. The van der Waals surface area contributed by atoms with Crippen molar-refractivity contribution in [2.45, 2.75) is 0 Å². The average molecular weight is 414 g/mol. The molecule has 4 rings (SSSR count). The Labute approximate surface area is 177 Å². The fourth-order valence-corrected chi connectivity index (χ4v) is 3.66. The summed E-state index contributed by atoms with van der Waals surface area (Å²) in [5.74, 6) is -0.587. The number of amides is 2. The van der Waals surface area contributed by atoms with Gasteiger partial charge in [-0.05, 0) is 36.4 Å². The Kier molecular flexibility index (Phi) is 5.91. The molecule has 2 aromatic carbocycles. The summed E-state index contributed by atoms with van der Waals surface area (Å²) in [6.45, 7) is -0.111. The van der Waals surface area contributed by atoms with Crippen molar-refractivity contribution in [3.05, 3.63) is 90.1 Å². The van der Waals surface area contributed by atoms with Gasteiger partial charge in [-0.25, -0.2) is 4.98 Å². The SMILES string of the molecule is O=C(CNC(=O)c1ccccc1)Nc1cccc(-c2csc(-c3cccnc3)n2)c1. The normalized spacial score (nSPS) is 10.4. The molecule has 30 heavy (non-hydrogen) atoms. The van der Waals surface area contributed by atoms with E-state index in [1.165, 1.54) is 0 Å². The van der Waals surface area contributed by atoms with Gasteiger partial charge in [-0.3, -0.25) is 14.6 Å². The van der Waals surface area contributed by atoms with Crippen molar-refractivity contribution in [1.82, 2.24) is 15.3 Å². The zero-order chi connectivity index (χ0) is 20.8. The number of anilines is 1. The highest BCUT2D eigenvalue weighted by atomic mass is 32.1. The van der Waals surface area contributed by atoms with E-state index in [1.54, 1.807) is 54.1 Å². The first-order valence-electron chi connectivity index (χ1n) is 9.28. The van der Waals surface area contributed by atoms with E-state index >= 15 is 0 Å². The van der Waals surface area contributed by atoms with Gasteiger partial charge in [0.15, 0.2) is 0 Å². The van der Waals surface area contributed by atoms with Crippen LogP contribution in [0.4, 0.5) is 5.69 Å². The molecule has 2 heterocycles. The first-order chi connectivity index (χ1) is 14.7. The van der Waals surface area contributed by atoms with Gasteiger partial charge in [-0.15, -0.1) is 11.3 Å². The van der Waals surface area contributed by atoms with E-state index < -0.39 is 0 Å². The van der Waals surface area contributed by atoms with Crippen LogP contribution < -0.4 is 10.6 Å². The first kappa shape index (κ1) is 19.5. The molecule has 2 amide bonds. The summed E-state index contributed by atoms with van der Waals surface area (Å²) in [6, 6.07) is 20.1. The van der Waals surface area contributed by atoms with E-state index in [4.69, 9.17) is 0 Å². The Morgan fingerprint density at radius 2 is 1.77 bits per heavy atom. The maximum Gasteiger partial charge on any atom is 0.251 e. The van der Waals surface area contributed by atoms with Gasteiger partial charge in [-0.2, -0.15) is 0 Å². The van der Waals surface area contributed by atoms with Gasteiger partial charge < -0.3 is 10.6 Å². The summed E-state index contributed by atoms with van der Waals surface area (Å²) in [6.07, 6.45) is 3.51. The number of carbonyl (C=O) groups excluding carboxylic acids is 2. The predicted octanol–water partition coefficient (Wildman–Crippen LogP) is 4.24. The number of rotatable bonds is 6. The minimum Gasteiger partial charge on any atom is -0.343 e. The van der Waals surface area contributed by atoms with Crippen LogP contribution in [0.25, 0.3) is 21.8 Å². The number of nitrogens with one attached hydrogen (secondary N) is 2. The summed E-state index contributed by atoms with van der Waals surface area (Å²) in [5.41, 5.74) is 3.84. The molecule has 4 aromatic rings. The summed E-state index contributed by atoms with van der Waals surface area (Å²) in [5, 5.41) is 8.29. The number of pyridine rings is 1. The van der Waals surface area contributed by atoms with Crippen molar-refractivity contribution in [3.8, 4) is 21.8 Å². The van der Waals surface area contributed by atoms with Crippen LogP contribution in [0.5, 0.6) is 0 Å². The number of aromatic nitrogens is 2. The van der Waals surface area contributed by atoms with Crippen LogP contribution in [0.2, 0.25) is 0 Å². The van der Waals surface area contributed by atoms with Gasteiger partial charge in [-0.1, -0.05) is 30.3 Å². The number of nitrogens with zero attached hydrogens (tertiary/aromatic N) is 2. The highest BCUT2D eigenvalue weighted by Gasteiger charge is 2.10. The molecular weight excluding hydrogens is 396 g/mol. The molecular formula is C23H18N4O2S. The molecule has 148 valence electrons. The van der Waals surface area contributed by atoms with Crippen LogP contribution in [-0.4, -0.2) is 28.3 Å².